The maximum absolute atomic E-state index is 12.9. The van der Waals surface area contributed by atoms with E-state index in [-0.39, 0.29) is 17.2 Å². The molecule has 0 unspecified atom stereocenters. The highest BCUT2D eigenvalue weighted by Crippen LogP contribution is 2.25. The van der Waals surface area contributed by atoms with E-state index in [0.29, 0.717) is 10.5 Å². The number of fused-ring (bicyclic) bond motifs is 3. The van der Waals surface area contributed by atoms with Gasteiger partial charge in [0.15, 0.2) is 4.96 Å². The second-order valence-electron chi connectivity index (χ2n) is 5.94. The zero-order valence-electron chi connectivity index (χ0n) is 13.7. The van der Waals surface area contributed by atoms with Crippen LogP contribution < -0.4 is 10.9 Å². The first-order valence-electron chi connectivity index (χ1n) is 7.82. The number of benzene rings is 2. The first-order chi connectivity index (χ1) is 12.0. The Morgan fingerprint density at radius 1 is 1.16 bits per heavy atom. The van der Waals surface area contributed by atoms with Gasteiger partial charge >= 0.3 is 0 Å². The predicted molar refractivity (Wildman–Crippen MR) is 101 cm³/mol. The van der Waals surface area contributed by atoms with Gasteiger partial charge in [0.1, 0.15) is 5.69 Å². The maximum Gasteiger partial charge on any atom is 0.282 e. The minimum atomic E-state index is -0.313. The Bertz CT molecular complexity index is 1190. The van der Waals surface area contributed by atoms with E-state index in [0.717, 1.165) is 21.3 Å². The van der Waals surface area contributed by atoms with Crippen LogP contribution in [0.15, 0.2) is 53.5 Å². The third-order valence-electron chi connectivity index (χ3n) is 4.12. The zero-order valence-corrected chi connectivity index (χ0v) is 14.6. The van der Waals surface area contributed by atoms with Crippen molar-refractivity contribution in [2.24, 2.45) is 0 Å². The molecule has 0 aliphatic rings. The van der Waals surface area contributed by atoms with Gasteiger partial charge in [-0.05, 0) is 43.2 Å². The number of nitrogens with one attached hydrogen (secondary N) is 1. The molecule has 0 saturated carbocycles. The molecule has 0 aliphatic heterocycles. The molecule has 5 nitrogen and oxygen atoms in total. The van der Waals surface area contributed by atoms with Crippen molar-refractivity contribution in [3.05, 3.63) is 75.7 Å². The Morgan fingerprint density at radius 3 is 2.76 bits per heavy atom. The van der Waals surface area contributed by atoms with Crippen LogP contribution in [0.25, 0.3) is 15.2 Å². The van der Waals surface area contributed by atoms with E-state index >= 15 is 0 Å². The van der Waals surface area contributed by atoms with Gasteiger partial charge in [0.05, 0.1) is 16.4 Å². The summed E-state index contributed by atoms with van der Waals surface area (Å²) in [6.07, 6.45) is 1.43. The third-order valence-corrected chi connectivity index (χ3v) is 5.14. The minimum absolute atomic E-state index is 0.172. The molecule has 4 aromatic rings. The lowest BCUT2D eigenvalue weighted by atomic mass is 10.1. The summed E-state index contributed by atoms with van der Waals surface area (Å²) in [6, 6.07) is 13.2. The average molecular weight is 349 g/mol. The first-order valence-corrected chi connectivity index (χ1v) is 8.64. The van der Waals surface area contributed by atoms with E-state index in [9.17, 15) is 9.59 Å². The van der Waals surface area contributed by atoms with Crippen molar-refractivity contribution in [1.82, 2.24) is 9.38 Å². The lowest BCUT2D eigenvalue weighted by molar-refractivity contribution is 0.102. The van der Waals surface area contributed by atoms with Crippen molar-refractivity contribution < 1.29 is 4.79 Å². The number of carbonyl (C=O) groups is 1. The second-order valence-corrected chi connectivity index (χ2v) is 6.95. The summed E-state index contributed by atoms with van der Waals surface area (Å²) in [6.45, 7) is 3.87. The number of aromatic nitrogens is 2. The van der Waals surface area contributed by atoms with E-state index in [2.05, 4.69) is 10.3 Å². The molecule has 2 aromatic carbocycles. The summed E-state index contributed by atoms with van der Waals surface area (Å²) in [5.41, 5.74) is 3.21. The maximum atomic E-state index is 12.9. The number of hydrogen-bond acceptors (Lipinski definition) is 4. The third kappa shape index (κ3) is 2.60. The Hall–Kier alpha value is -2.99. The molecule has 0 fully saturated rings. The molecule has 4 rings (SSSR count). The van der Waals surface area contributed by atoms with Crippen molar-refractivity contribution in [3.8, 4) is 0 Å². The molecule has 0 atom stereocenters. The van der Waals surface area contributed by atoms with E-state index in [1.807, 2.05) is 44.2 Å². The van der Waals surface area contributed by atoms with Crippen molar-refractivity contribution >= 4 is 38.1 Å². The van der Waals surface area contributed by atoms with Gasteiger partial charge < -0.3 is 5.32 Å². The molecule has 1 N–H and O–H groups in total. The van der Waals surface area contributed by atoms with E-state index in [4.69, 9.17) is 0 Å². The smallest absolute Gasteiger partial charge is 0.282 e. The van der Waals surface area contributed by atoms with Crippen LogP contribution in [0.2, 0.25) is 0 Å². The lowest BCUT2D eigenvalue weighted by Crippen LogP contribution is -2.23. The molecule has 0 spiro atoms. The molecule has 0 aliphatic carbocycles. The highest BCUT2D eigenvalue weighted by atomic mass is 32.1. The van der Waals surface area contributed by atoms with Crippen LogP contribution in [-0.4, -0.2) is 15.3 Å². The van der Waals surface area contributed by atoms with Crippen LogP contribution in [0.1, 0.15) is 21.5 Å². The number of hydrogen-bond donors (Lipinski definition) is 1. The van der Waals surface area contributed by atoms with Gasteiger partial charge in [-0.25, -0.2) is 9.38 Å². The normalized spacial score (nSPS) is 11.1. The molecule has 2 aromatic heterocycles. The monoisotopic (exact) mass is 349 g/mol. The summed E-state index contributed by atoms with van der Waals surface area (Å²) in [5, 5.41) is 2.70. The molecular weight excluding hydrogens is 334 g/mol. The van der Waals surface area contributed by atoms with Crippen LogP contribution >= 0.6 is 11.3 Å². The van der Waals surface area contributed by atoms with Gasteiger partial charge in [-0.1, -0.05) is 35.6 Å². The highest BCUT2D eigenvalue weighted by molar-refractivity contribution is 7.23. The van der Waals surface area contributed by atoms with Crippen molar-refractivity contribution in [2.75, 3.05) is 5.32 Å². The second kappa shape index (κ2) is 5.82. The minimum Gasteiger partial charge on any atom is -0.316 e. The fourth-order valence-electron chi connectivity index (χ4n) is 2.81. The fraction of sp³-hybridized carbons (Fsp3) is 0.105. The summed E-state index contributed by atoms with van der Waals surface area (Å²) in [7, 11) is 0. The first kappa shape index (κ1) is 15.5. The van der Waals surface area contributed by atoms with Crippen LogP contribution in [0, 0.1) is 13.8 Å². The summed E-state index contributed by atoms with van der Waals surface area (Å²) in [5.74, 6) is -0.313. The number of anilines is 1. The van der Waals surface area contributed by atoms with Crippen molar-refractivity contribution in [2.45, 2.75) is 13.8 Å². The number of amides is 1. The zero-order chi connectivity index (χ0) is 17.6. The predicted octanol–water partition coefficient (Wildman–Crippen LogP) is 3.78. The Balaban J connectivity index is 1.82. The molecular formula is C19H15N3O2S. The summed E-state index contributed by atoms with van der Waals surface area (Å²) >= 11 is 1.46. The van der Waals surface area contributed by atoms with E-state index in [1.54, 1.807) is 16.5 Å². The highest BCUT2D eigenvalue weighted by Gasteiger charge is 2.15. The van der Waals surface area contributed by atoms with Crippen LogP contribution in [0.5, 0.6) is 0 Å². The molecule has 124 valence electrons. The van der Waals surface area contributed by atoms with Gasteiger partial charge in [-0.15, -0.1) is 0 Å². The molecule has 0 bridgehead atoms. The number of nitrogens with zero attached hydrogens (tertiary/aromatic N) is 2. The van der Waals surface area contributed by atoms with Crippen LogP contribution in [-0.2, 0) is 0 Å². The molecule has 25 heavy (non-hydrogen) atoms. The van der Waals surface area contributed by atoms with Crippen LogP contribution in [0.4, 0.5) is 5.69 Å². The van der Waals surface area contributed by atoms with Crippen molar-refractivity contribution in [3.63, 3.8) is 0 Å². The summed E-state index contributed by atoms with van der Waals surface area (Å²) < 4.78 is 2.54. The van der Waals surface area contributed by atoms with Crippen molar-refractivity contribution in [1.29, 1.82) is 0 Å². The van der Waals surface area contributed by atoms with E-state index in [1.165, 1.54) is 17.5 Å². The van der Waals surface area contributed by atoms with Gasteiger partial charge in [0.25, 0.3) is 11.5 Å². The topological polar surface area (TPSA) is 63.5 Å². The van der Waals surface area contributed by atoms with E-state index < -0.39 is 0 Å². The molecule has 2 heterocycles. The van der Waals surface area contributed by atoms with Gasteiger partial charge in [-0.3, -0.25) is 9.59 Å². The molecule has 6 heteroatoms. The Labute approximate surface area is 147 Å². The van der Waals surface area contributed by atoms with Gasteiger partial charge in [0.2, 0.25) is 0 Å². The average Bonchev–Trinajstić information content (AvgIpc) is 2.95. The SMILES string of the molecule is Cc1ccc2c(c1)sc1ncc(NC(=O)c3ccccc3C)c(=O)n12. The Kier molecular flexibility index (Phi) is 3.62. The molecule has 0 saturated heterocycles. The largest absolute Gasteiger partial charge is 0.316 e. The summed E-state index contributed by atoms with van der Waals surface area (Å²) in [4.78, 5) is 30.3. The standard InChI is InChI=1S/C19H15N3O2S/c1-11-7-8-15-16(9-11)25-19-20-10-14(18(24)22(15)19)21-17(23)13-6-4-3-5-12(13)2/h3-10H,1-2H3,(H,21,23). The Morgan fingerprint density at radius 2 is 1.96 bits per heavy atom. The lowest BCUT2D eigenvalue weighted by Gasteiger charge is -2.07. The van der Waals surface area contributed by atoms with Gasteiger partial charge in [0, 0.05) is 5.56 Å². The molecule has 1 amide bonds. The number of aryl methyl sites for hydroxylation is 2. The number of thiazole rings is 1. The quantitative estimate of drug-likeness (QED) is 0.599. The van der Waals surface area contributed by atoms with Gasteiger partial charge in [-0.2, -0.15) is 0 Å². The number of rotatable bonds is 2. The number of carbonyl (C=O) groups excluding carboxylic acids is 1. The fourth-order valence-corrected chi connectivity index (χ4v) is 3.90. The molecule has 0 radical (unpaired) electrons. The van der Waals surface area contributed by atoms with Crippen LogP contribution in [0.3, 0.4) is 0 Å².